The van der Waals surface area contributed by atoms with Crippen molar-refractivity contribution in [3.8, 4) is 17.9 Å². The SMILES string of the molecule is CCN(CCOc1ccc(C(C)(C)CC(C)(C)C)cc1)c1ccc(C=C(C#N)C#N)c(C)c1. The zero-order chi connectivity index (χ0) is 24.6. The summed E-state index contributed by atoms with van der Waals surface area (Å²) in [6.45, 7) is 17.8. The second kappa shape index (κ2) is 11.1. The van der Waals surface area contributed by atoms with Crippen molar-refractivity contribution in [3.63, 3.8) is 0 Å². The fourth-order valence-electron chi connectivity index (χ4n) is 4.44. The second-order valence-corrected chi connectivity index (χ2v) is 10.4. The molecule has 2 aromatic rings. The molecule has 2 aromatic carbocycles. The predicted octanol–water partition coefficient (Wildman–Crippen LogP) is 7.04. The van der Waals surface area contributed by atoms with E-state index in [4.69, 9.17) is 15.3 Å². The Balaban J connectivity index is 2.00. The Labute approximate surface area is 200 Å². The third-order valence-electron chi connectivity index (χ3n) is 5.78. The fourth-order valence-corrected chi connectivity index (χ4v) is 4.44. The molecule has 0 saturated carbocycles. The number of likely N-dealkylation sites (N-methyl/N-ethyl adjacent to an activating group) is 1. The van der Waals surface area contributed by atoms with Crippen molar-refractivity contribution in [3.05, 3.63) is 64.7 Å². The zero-order valence-corrected chi connectivity index (χ0v) is 21.2. The van der Waals surface area contributed by atoms with Gasteiger partial charge in [-0.15, -0.1) is 0 Å². The predicted molar refractivity (Wildman–Crippen MR) is 137 cm³/mol. The number of nitrogens with zero attached hydrogens (tertiary/aromatic N) is 3. The summed E-state index contributed by atoms with van der Waals surface area (Å²) in [7, 11) is 0. The fraction of sp³-hybridized carbons (Fsp3) is 0.448. The molecule has 2 rings (SSSR count). The Morgan fingerprint density at radius 1 is 1.00 bits per heavy atom. The lowest BCUT2D eigenvalue weighted by atomic mass is 9.72. The van der Waals surface area contributed by atoms with E-state index in [9.17, 15) is 0 Å². The van der Waals surface area contributed by atoms with Crippen molar-refractivity contribution in [1.82, 2.24) is 0 Å². The first-order chi connectivity index (χ1) is 15.5. The molecule has 0 aliphatic carbocycles. The van der Waals surface area contributed by atoms with Gasteiger partial charge in [0.05, 0.1) is 6.54 Å². The lowest BCUT2D eigenvalue weighted by molar-refractivity contribution is 0.283. The standard InChI is InChI=1S/C29H37N3O/c1-8-32(26-12-9-24(22(2)17-26)18-23(19-30)20-31)15-16-33-27-13-10-25(11-14-27)29(6,7)21-28(3,4)5/h9-14,17-18H,8,15-16,21H2,1-7H3. The number of hydrogen-bond donors (Lipinski definition) is 0. The average Bonchev–Trinajstić information content (AvgIpc) is 2.74. The van der Waals surface area contributed by atoms with E-state index in [-0.39, 0.29) is 16.4 Å². The monoisotopic (exact) mass is 443 g/mol. The number of aryl methyl sites for hydroxylation is 1. The van der Waals surface area contributed by atoms with Gasteiger partial charge in [0, 0.05) is 12.2 Å². The highest BCUT2D eigenvalue weighted by atomic mass is 16.5. The lowest BCUT2D eigenvalue weighted by Crippen LogP contribution is -2.28. The highest BCUT2D eigenvalue weighted by Gasteiger charge is 2.27. The van der Waals surface area contributed by atoms with E-state index in [2.05, 4.69) is 76.8 Å². The van der Waals surface area contributed by atoms with Crippen LogP contribution in [-0.2, 0) is 5.41 Å². The number of anilines is 1. The topological polar surface area (TPSA) is 60.0 Å². The maximum atomic E-state index is 8.99. The lowest BCUT2D eigenvalue weighted by Gasteiger charge is -2.33. The van der Waals surface area contributed by atoms with E-state index < -0.39 is 0 Å². The molecule has 0 fully saturated rings. The smallest absolute Gasteiger partial charge is 0.130 e. The van der Waals surface area contributed by atoms with E-state index in [0.29, 0.717) is 6.61 Å². The number of rotatable bonds is 9. The van der Waals surface area contributed by atoms with E-state index in [1.165, 1.54) is 5.56 Å². The van der Waals surface area contributed by atoms with Crippen LogP contribution in [0, 0.1) is 35.0 Å². The highest BCUT2D eigenvalue weighted by Crippen LogP contribution is 2.36. The van der Waals surface area contributed by atoms with E-state index >= 15 is 0 Å². The minimum atomic E-state index is 0.111. The van der Waals surface area contributed by atoms with Crippen LogP contribution >= 0.6 is 0 Å². The minimum Gasteiger partial charge on any atom is -0.492 e. The first kappa shape index (κ1) is 26.0. The molecule has 0 saturated heterocycles. The molecule has 0 aromatic heterocycles. The molecule has 0 radical (unpaired) electrons. The van der Waals surface area contributed by atoms with Gasteiger partial charge in [-0.1, -0.05) is 52.8 Å². The molecule has 0 aliphatic rings. The van der Waals surface area contributed by atoms with Gasteiger partial charge in [0.25, 0.3) is 0 Å². The molecular formula is C29H37N3O. The molecule has 174 valence electrons. The summed E-state index contributed by atoms with van der Waals surface area (Å²) in [6, 6.07) is 18.4. The molecule has 0 heterocycles. The number of allylic oxidation sites excluding steroid dienone is 1. The van der Waals surface area contributed by atoms with Gasteiger partial charge in [-0.3, -0.25) is 0 Å². The van der Waals surface area contributed by atoms with Crippen LogP contribution in [0.4, 0.5) is 5.69 Å². The van der Waals surface area contributed by atoms with Gasteiger partial charge in [0.1, 0.15) is 30.1 Å². The van der Waals surface area contributed by atoms with Crippen LogP contribution in [0.3, 0.4) is 0 Å². The van der Waals surface area contributed by atoms with Crippen LogP contribution < -0.4 is 9.64 Å². The summed E-state index contributed by atoms with van der Waals surface area (Å²) in [4.78, 5) is 2.26. The Bertz CT molecular complexity index is 1030. The second-order valence-electron chi connectivity index (χ2n) is 10.4. The summed E-state index contributed by atoms with van der Waals surface area (Å²) < 4.78 is 6.04. The first-order valence-electron chi connectivity index (χ1n) is 11.6. The molecule has 0 spiro atoms. The number of benzene rings is 2. The van der Waals surface area contributed by atoms with Gasteiger partial charge in [-0.25, -0.2) is 0 Å². The van der Waals surface area contributed by atoms with E-state index in [1.807, 2.05) is 31.2 Å². The molecule has 0 atom stereocenters. The molecular weight excluding hydrogens is 406 g/mol. The summed E-state index contributed by atoms with van der Waals surface area (Å²) >= 11 is 0. The maximum Gasteiger partial charge on any atom is 0.130 e. The first-order valence-corrected chi connectivity index (χ1v) is 11.6. The van der Waals surface area contributed by atoms with Crippen molar-refractivity contribution in [2.45, 2.75) is 60.3 Å². The molecule has 4 heteroatoms. The van der Waals surface area contributed by atoms with Crippen LogP contribution in [0.5, 0.6) is 5.75 Å². The summed E-state index contributed by atoms with van der Waals surface area (Å²) in [5.74, 6) is 0.888. The molecule has 0 N–H and O–H groups in total. The Morgan fingerprint density at radius 2 is 1.64 bits per heavy atom. The van der Waals surface area contributed by atoms with Crippen LogP contribution in [0.2, 0.25) is 0 Å². The van der Waals surface area contributed by atoms with Crippen molar-refractivity contribution in [2.75, 3.05) is 24.6 Å². The third-order valence-corrected chi connectivity index (χ3v) is 5.78. The summed E-state index contributed by atoms with van der Waals surface area (Å²) in [5.41, 5.74) is 4.87. The molecule has 33 heavy (non-hydrogen) atoms. The number of hydrogen-bond acceptors (Lipinski definition) is 4. The normalized spacial score (nSPS) is 11.3. The van der Waals surface area contributed by atoms with Gasteiger partial charge in [0.2, 0.25) is 0 Å². The van der Waals surface area contributed by atoms with Gasteiger partial charge in [-0.2, -0.15) is 10.5 Å². The maximum absolute atomic E-state index is 8.99. The van der Waals surface area contributed by atoms with Gasteiger partial charge in [0.15, 0.2) is 0 Å². The van der Waals surface area contributed by atoms with Gasteiger partial charge >= 0.3 is 0 Å². The Kier molecular flexibility index (Phi) is 8.72. The van der Waals surface area contributed by atoms with Crippen LogP contribution in [0.25, 0.3) is 6.08 Å². The minimum absolute atomic E-state index is 0.111. The molecule has 4 nitrogen and oxygen atoms in total. The summed E-state index contributed by atoms with van der Waals surface area (Å²) in [5, 5.41) is 18.0. The average molecular weight is 444 g/mol. The number of nitriles is 2. The zero-order valence-electron chi connectivity index (χ0n) is 21.2. The van der Waals surface area contributed by atoms with E-state index in [0.717, 1.165) is 42.1 Å². The van der Waals surface area contributed by atoms with Gasteiger partial charge < -0.3 is 9.64 Å². The van der Waals surface area contributed by atoms with Crippen molar-refractivity contribution in [1.29, 1.82) is 10.5 Å². The van der Waals surface area contributed by atoms with Gasteiger partial charge in [-0.05, 0) is 78.1 Å². The Morgan fingerprint density at radius 3 is 2.15 bits per heavy atom. The van der Waals surface area contributed by atoms with Crippen molar-refractivity contribution < 1.29 is 4.74 Å². The van der Waals surface area contributed by atoms with Crippen LogP contribution in [0.1, 0.15) is 64.7 Å². The summed E-state index contributed by atoms with van der Waals surface area (Å²) in [6.07, 6.45) is 2.75. The molecule has 0 bridgehead atoms. The van der Waals surface area contributed by atoms with Crippen LogP contribution in [-0.4, -0.2) is 19.7 Å². The molecule has 0 amide bonds. The third kappa shape index (κ3) is 7.69. The van der Waals surface area contributed by atoms with E-state index in [1.54, 1.807) is 6.08 Å². The molecule has 0 aliphatic heterocycles. The highest BCUT2D eigenvalue weighted by molar-refractivity contribution is 5.66. The van der Waals surface area contributed by atoms with Crippen molar-refractivity contribution in [2.24, 2.45) is 5.41 Å². The Hall–Kier alpha value is -3.24. The number of ether oxygens (including phenoxy) is 1. The quantitative estimate of drug-likeness (QED) is 0.390. The molecule has 0 unspecified atom stereocenters. The van der Waals surface area contributed by atoms with Crippen LogP contribution in [0.15, 0.2) is 48.0 Å². The largest absolute Gasteiger partial charge is 0.492 e. The van der Waals surface area contributed by atoms with Crippen molar-refractivity contribution >= 4 is 11.8 Å².